The number of aromatic nitrogens is 2. The largest absolute Gasteiger partial charge is 0.506 e. The summed E-state index contributed by atoms with van der Waals surface area (Å²) in [6.45, 7) is 0. The van der Waals surface area contributed by atoms with Crippen LogP contribution in [-0.2, 0) is 0 Å². The van der Waals surface area contributed by atoms with Crippen LogP contribution in [0.4, 0.5) is 10.2 Å². The van der Waals surface area contributed by atoms with E-state index < -0.39 is 5.82 Å². The Kier molecular flexibility index (Phi) is 2.24. The molecule has 4 N–H and O–H groups in total. The van der Waals surface area contributed by atoms with Crippen LogP contribution in [0, 0.1) is 5.82 Å². The lowest BCUT2D eigenvalue weighted by atomic mass is 10.1. The van der Waals surface area contributed by atoms with Gasteiger partial charge in [0.15, 0.2) is 0 Å². The van der Waals surface area contributed by atoms with Gasteiger partial charge in [0.2, 0.25) is 0 Å². The molecule has 0 aliphatic rings. The zero-order chi connectivity index (χ0) is 11.0. The summed E-state index contributed by atoms with van der Waals surface area (Å²) in [5.41, 5.74) is 5.76. The van der Waals surface area contributed by atoms with E-state index in [0.717, 1.165) is 6.07 Å². The first kappa shape index (κ1) is 9.79. The van der Waals surface area contributed by atoms with Crippen LogP contribution in [0.15, 0.2) is 18.3 Å². The van der Waals surface area contributed by atoms with Crippen molar-refractivity contribution in [1.29, 1.82) is 0 Å². The van der Waals surface area contributed by atoms with Crippen LogP contribution in [0.1, 0.15) is 0 Å². The molecule has 0 fully saturated rings. The lowest BCUT2D eigenvalue weighted by Crippen LogP contribution is -1.91. The third-order valence-corrected chi connectivity index (χ3v) is 2.32. The number of benzene rings is 1. The first-order valence-electron chi connectivity index (χ1n) is 4.07. The van der Waals surface area contributed by atoms with Crippen LogP contribution >= 0.6 is 11.6 Å². The number of nitrogens with one attached hydrogen (secondary N) is 1. The second-order valence-corrected chi connectivity index (χ2v) is 3.36. The van der Waals surface area contributed by atoms with Gasteiger partial charge in [0.25, 0.3) is 0 Å². The molecule has 0 spiro atoms. The second-order valence-electron chi connectivity index (χ2n) is 2.95. The van der Waals surface area contributed by atoms with Crippen molar-refractivity contribution in [3.05, 3.63) is 29.2 Å². The number of hydrogen-bond acceptors (Lipinski definition) is 3. The molecule has 2 rings (SSSR count). The van der Waals surface area contributed by atoms with Crippen molar-refractivity contribution in [3.8, 4) is 16.9 Å². The first-order chi connectivity index (χ1) is 7.11. The maximum Gasteiger partial charge on any atom is 0.145 e. The Bertz CT molecular complexity index is 512. The standard InChI is InChI=1S/C9H7ClFN3O/c10-5-1-2-6(11)7(8(5)15)4-3-13-14-9(4)12/h1-3,15H,(H3,12,13,14). The lowest BCUT2D eigenvalue weighted by Gasteiger charge is -2.05. The van der Waals surface area contributed by atoms with Gasteiger partial charge in [-0.05, 0) is 12.1 Å². The van der Waals surface area contributed by atoms with Gasteiger partial charge in [0, 0.05) is 0 Å². The summed E-state index contributed by atoms with van der Waals surface area (Å²) < 4.78 is 13.5. The van der Waals surface area contributed by atoms with E-state index in [1.807, 2.05) is 0 Å². The zero-order valence-corrected chi connectivity index (χ0v) is 8.22. The predicted octanol–water partition coefficient (Wildman–Crippen LogP) is 2.16. The molecule has 2 aromatic rings. The SMILES string of the molecule is Nc1[nH]ncc1-c1c(F)ccc(Cl)c1O. The molecule has 1 aromatic heterocycles. The maximum absolute atomic E-state index is 13.5. The van der Waals surface area contributed by atoms with Crippen LogP contribution in [0.25, 0.3) is 11.1 Å². The van der Waals surface area contributed by atoms with Gasteiger partial charge in [-0.3, -0.25) is 5.10 Å². The summed E-state index contributed by atoms with van der Waals surface area (Å²) >= 11 is 5.67. The molecule has 0 unspecified atom stereocenters. The van der Waals surface area contributed by atoms with Gasteiger partial charge in [0.1, 0.15) is 17.4 Å². The van der Waals surface area contributed by atoms with Crippen molar-refractivity contribution in [2.75, 3.05) is 5.73 Å². The highest BCUT2D eigenvalue weighted by Gasteiger charge is 2.17. The Labute approximate surface area is 89.5 Å². The van der Waals surface area contributed by atoms with Crippen LogP contribution < -0.4 is 5.73 Å². The van der Waals surface area contributed by atoms with E-state index >= 15 is 0 Å². The van der Waals surface area contributed by atoms with Crippen molar-refractivity contribution in [2.45, 2.75) is 0 Å². The van der Waals surface area contributed by atoms with Gasteiger partial charge < -0.3 is 10.8 Å². The summed E-state index contributed by atoms with van der Waals surface area (Å²) in [5.74, 6) is -0.777. The van der Waals surface area contributed by atoms with Crippen molar-refractivity contribution < 1.29 is 9.50 Å². The summed E-state index contributed by atoms with van der Waals surface area (Å²) in [4.78, 5) is 0. The number of phenols is 1. The second kappa shape index (κ2) is 3.43. The molecule has 1 aromatic carbocycles. The Hall–Kier alpha value is -1.75. The molecule has 0 amide bonds. The monoisotopic (exact) mass is 227 g/mol. The van der Waals surface area contributed by atoms with E-state index in [9.17, 15) is 9.50 Å². The number of phenolic OH excluding ortho intramolecular Hbond substituents is 1. The van der Waals surface area contributed by atoms with Crippen molar-refractivity contribution in [1.82, 2.24) is 10.2 Å². The molecule has 4 nitrogen and oxygen atoms in total. The van der Waals surface area contributed by atoms with E-state index in [-0.39, 0.29) is 27.7 Å². The van der Waals surface area contributed by atoms with E-state index in [0.29, 0.717) is 0 Å². The average molecular weight is 228 g/mol. The number of H-pyrrole nitrogens is 1. The summed E-state index contributed by atoms with van der Waals surface area (Å²) in [6, 6.07) is 2.43. The Morgan fingerprint density at radius 3 is 2.80 bits per heavy atom. The molecular formula is C9H7ClFN3O. The molecule has 0 aliphatic heterocycles. The number of rotatable bonds is 1. The van der Waals surface area contributed by atoms with E-state index in [1.165, 1.54) is 12.3 Å². The fourth-order valence-electron chi connectivity index (χ4n) is 1.29. The Morgan fingerprint density at radius 1 is 1.47 bits per heavy atom. The topological polar surface area (TPSA) is 74.9 Å². The first-order valence-corrected chi connectivity index (χ1v) is 4.45. The quantitative estimate of drug-likeness (QED) is 0.699. The number of aromatic amines is 1. The summed E-state index contributed by atoms with van der Waals surface area (Å²) in [6.07, 6.45) is 1.32. The van der Waals surface area contributed by atoms with Gasteiger partial charge >= 0.3 is 0 Å². The average Bonchev–Trinajstić information content (AvgIpc) is 2.60. The number of nitrogens with zero attached hydrogens (tertiary/aromatic N) is 1. The lowest BCUT2D eigenvalue weighted by molar-refractivity contribution is 0.472. The normalized spacial score (nSPS) is 10.5. The summed E-state index contributed by atoms with van der Waals surface area (Å²) in [7, 11) is 0. The minimum atomic E-state index is -0.606. The van der Waals surface area contributed by atoms with E-state index in [2.05, 4.69) is 10.2 Å². The van der Waals surface area contributed by atoms with Crippen molar-refractivity contribution >= 4 is 17.4 Å². The van der Waals surface area contributed by atoms with Gasteiger partial charge in [-0.25, -0.2) is 4.39 Å². The van der Waals surface area contributed by atoms with Crippen LogP contribution in [0.3, 0.4) is 0 Å². The molecule has 0 aliphatic carbocycles. The molecular weight excluding hydrogens is 221 g/mol. The van der Waals surface area contributed by atoms with Crippen LogP contribution in [-0.4, -0.2) is 15.3 Å². The number of halogens is 2. The Morgan fingerprint density at radius 2 is 2.20 bits per heavy atom. The smallest absolute Gasteiger partial charge is 0.145 e. The predicted molar refractivity (Wildman–Crippen MR) is 55.1 cm³/mol. The van der Waals surface area contributed by atoms with Gasteiger partial charge in [0.05, 0.1) is 22.3 Å². The molecule has 0 atom stereocenters. The highest BCUT2D eigenvalue weighted by Crippen LogP contribution is 2.38. The zero-order valence-electron chi connectivity index (χ0n) is 7.46. The van der Waals surface area contributed by atoms with Crippen molar-refractivity contribution in [2.24, 2.45) is 0 Å². The van der Waals surface area contributed by atoms with Crippen LogP contribution in [0.5, 0.6) is 5.75 Å². The van der Waals surface area contributed by atoms with Crippen molar-refractivity contribution in [3.63, 3.8) is 0 Å². The molecule has 1 heterocycles. The number of nitrogens with two attached hydrogens (primary N) is 1. The molecule has 6 heteroatoms. The van der Waals surface area contributed by atoms with E-state index in [1.54, 1.807) is 0 Å². The molecule has 15 heavy (non-hydrogen) atoms. The number of hydrogen-bond donors (Lipinski definition) is 3. The van der Waals surface area contributed by atoms with Gasteiger partial charge in [-0.15, -0.1) is 0 Å². The molecule has 0 radical (unpaired) electrons. The fraction of sp³-hybridized carbons (Fsp3) is 0. The van der Waals surface area contributed by atoms with E-state index in [4.69, 9.17) is 17.3 Å². The fourth-order valence-corrected chi connectivity index (χ4v) is 1.45. The summed E-state index contributed by atoms with van der Waals surface area (Å²) in [5, 5.41) is 15.8. The third-order valence-electron chi connectivity index (χ3n) is 2.02. The molecule has 0 saturated heterocycles. The highest BCUT2D eigenvalue weighted by atomic mass is 35.5. The van der Waals surface area contributed by atoms with Gasteiger partial charge in [-0.1, -0.05) is 11.6 Å². The molecule has 0 saturated carbocycles. The van der Waals surface area contributed by atoms with Crippen LogP contribution in [0.2, 0.25) is 5.02 Å². The minimum Gasteiger partial charge on any atom is -0.506 e. The minimum absolute atomic E-state index is 0.0475. The number of nitrogen functional groups attached to an aromatic ring is 1. The highest BCUT2D eigenvalue weighted by molar-refractivity contribution is 6.32. The molecule has 0 bridgehead atoms. The van der Waals surface area contributed by atoms with Gasteiger partial charge in [-0.2, -0.15) is 5.10 Å². The molecule has 78 valence electrons. The third kappa shape index (κ3) is 1.50. The number of aromatic hydroxyl groups is 1. The maximum atomic E-state index is 13.5. The number of anilines is 1. The Balaban J connectivity index is 2.72.